The van der Waals surface area contributed by atoms with E-state index >= 15 is 0 Å². The molecule has 2 saturated carbocycles. The summed E-state index contributed by atoms with van der Waals surface area (Å²) >= 11 is 0. The summed E-state index contributed by atoms with van der Waals surface area (Å²) in [6.07, 6.45) is 1.41. The number of benzene rings is 1. The standard InChI is InChI=1S/C16H20F2O/c17-16(18)8-6-12(7-9-16)15(19)14-10-13(14)11-4-2-1-3-5-11/h1-5,12-15,19H,6-10H2. The lowest BCUT2D eigenvalue weighted by Gasteiger charge is -2.31. The van der Waals surface area contributed by atoms with Gasteiger partial charge in [0.2, 0.25) is 5.92 Å². The summed E-state index contributed by atoms with van der Waals surface area (Å²) in [6.45, 7) is 0. The summed E-state index contributed by atoms with van der Waals surface area (Å²) in [5.74, 6) is -1.73. The number of alkyl halides is 2. The molecule has 2 fully saturated rings. The lowest BCUT2D eigenvalue weighted by atomic mass is 9.81. The molecule has 0 saturated heterocycles. The highest BCUT2D eigenvalue weighted by atomic mass is 19.3. The molecule has 3 unspecified atom stereocenters. The summed E-state index contributed by atoms with van der Waals surface area (Å²) in [7, 11) is 0. The average Bonchev–Trinajstić information content (AvgIpc) is 3.19. The molecule has 0 bridgehead atoms. The van der Waals surface area contributed by atoms with Crippen LogP contribution in [-0.4, -0.2) is 17.1 Å². The second-order valence-corrected chi connectivity index (χ2v) is 6.10. The molecule has 3 rings (SSSR count). The van der Waals surface area contributed by atoms with E-state index in [4.69, 9.17) is 0 Å². The average molecular weight is 266 g/mol. The van der Waals surface area contributed by atoms with Crippen molar-refractivity contribution in [3.63, 3.8) is 0 Å². The van der Waals surface area contributed by atoms with E-state index in [1.807, 2.05) is 18.2 Å². The molecular weight excluding hydrogens is 246 g/mol. The highest BCUT2D eigenvalue weighted by molar-refractivity contribution is 5.26. The van der Waals surface area contributed by atoms with E-state index in [1.165, 1.54) is 5.56 Å². The van der Waals surface area contributed by atoms with Gasteiger partial charge in [0.15, 0.2) is 0 Å². The topological polar surface area (TPSA) is 20.2 Å². The highest BCUT2D eigenvalue weighted by Crippen LogP contribution is 2.53. The molecule has 0 aliphatic heterocycles. The van der Waals surface area contributed by atoms with Crippen LogP contribution in [0.1, 0.15) is 43.6 Å². The van der Waals surface area contributed by atoms with E-state index in [0.29, 0.717) is 18.8 Å². The van der Waals surface area contributed by atoms with E-state index in [1.54, 1.807) is 0 Å². The van der Waals surface area contributed by atoms with Crippen molar-refractivity contribution < 1.29 is 13.9 Å². The summed E-state index contributed by atoms with van der Waals surface area (Å²) < 4.78 is 26.2. The van der Waals surface area contributed by atoms with Crippen LogP contribution in [0, 0.1) is 11.8 Å². The van der Waals surface area contributed by atoms with E-state index in [0.717, 1.165) is 6.42 Å². The van der Waals surface area contributed by atoms with Crippen LogP contribution in [0.4, 0.5) is 8.78 Å². The largest absolute Gasteiger partial charge is 0.393 e. The second kappa shape index (κ2) is 4.86. The Kier molecular flexibility index (Phi) is 3.34. The monoisotopic (exact) mass is 266 g/mol. The predicted octanol–water partition coefficient (Wildman–Crippen LogP) is 3.98. The first-order valence-electron chi connectivity index (χ1n) is 7.18. The maximum Gasteiger partial charge on any atom is 0.248 e. The first-order valence-corrected chi connectivity index (χ1v) is 7.18. The van der Waals surface area contributed by atoms with Gasteiger partial charge in [-0.25, -0.2) is 8.78 Å². The van der Waals surface area contributed by atoms with Crippen LogP contribution in [-0.2, 0) is 0 Å². The molecule has 1 nitrogen and oxygen atoms in total. The molecule has 0 aromatic heterocycles. The first-order chi connectivity index (χ1) is 9.07. The fourth-order valence-corrected chi connectivity index (χ4v) is 3.43. The Labute approximate surface area is 112 Å². The smallest absolute Gasteiger partial charge is 0.248 e. The van der Waals surface area contributed by atoms with Crippen molar-refractivity contribution in [2.24, 2.45) is 11.8 Å². The predicted molar refractivity (Wildman–Crippen MR) is 70.2 cm³/mol. The molecule has 2 aliphatic rings. The number of rotatable bonds is 3. The lowest BCUT2D eigenvalue weighted by molar-refractivity contribution is -0.0650. The van der Waals surface area contributed by atoms with Gasteiger partial charge in [-0.05, 0) is 42.6 Å². The minimum Gasteiger partial charge on any atom is -0.393 e. The van der Waals surface area contributed by atoms with Crippen molar-refractivity contribution in [3.05, 3.63) is 35.9 Å². The molecule has 3 heteroatoms. The molecule has 1 aromatic carbocycles. The number of hydrogen-bond acceptors (Lipinski definition) is 1. The third-order valence-corrected chi connectivity index (χ3v) is 4.75. The van der Waals surface area contributed by atoms with Crippen LogP contribution in [0.3, 0.4) is 0 Å². The summed E-state index contributed by atoms with van der Waals surface area (Å²) in [5.41, 5.74) is 1.27. The van der Waals surface area contributed by atoms with Crippen molar-refractivity contribution in [2.75, 3.05) is 0 Å². The van der Waals surface area contributed by atoms with Gasteiger partial charge in [-0.1, -0.05) is 30.3 Å². The molecule has 0 radical (unpaired) electrons. The van der Waals surface area contributed by atoms with Crippen LogP contribution in [0.2, 0.25) is 0 Å². The summed E-state index contributed by atoms with van der Waals surface area (Å²) in [6, 6.07) is 10.2. The molecule has 1 N–H and O–H groups in total. The van der Waals surface area contributed by atoms with Crippen molar-refractivity contribution in [1.29, 1.82) is 0 Å². The fourth-order valence-electron chi connectivity index (χ4n) is 3.43. The van der Waals surface area contributed by atoms with Gasteiger partial charge < -0.3 is 5.11 Å². The normalized spacial score (nSPS) is 31.9. The van der Waals surface area contributed by atoms with Gasteiger partial charge >= 0.3 is 0 Å². The summed E-state index contributed by atoms with van der Waals surface area (Å²) in [4.78, 5) is 0. The lowest BCUT2D eigenvalue weighted by Crippen LogP contribution is -2.32. The molecule has 19 heavy (non-hydrogen) atoms. The minimum atomic E-state index is -2.50. The van der Waals surface area contributed by atoms with Gasteiger partial charge in [-0.2, -0.15) is 0 Å². The van der Waals surface area contributed by atoms with E-state index in [-0.39, 0.29) is 24.7 Å². The Morgan fingerprint density at radius 2 is 1.74 bits per heavy atom. The Bertz CT molecular complexity index is 422. The molecule has 104 valence electrons. The summed E-state index contributed by atoms with van der Waals surface area (Å²) in [5, 5.41) is 10.4. The molecule has 0 heterocycles. The van der Waals surface area contributed by atoms with Gasteiger partial charge in [0.05, 0.1) is 6.10 Å². The van der Waals surface area contributed by atoms with Crippen molar-refractivity contribution in [3.8, 4) is 0 Å². The quantitative estimate of drug-likeness (QED) is 0.877. The molecular formula is C16H20F2O. The highest BCUT2D eigenvalue weighted by Gasteiger charge is 2.47. The zero-order valence-corrected chi connectivity index (χ0v) is 10.9. The molecule has 3 atom stereocenters. The minimum absolute atomic E-state index is 0.0581. The fraction of sp³-hybridized carbons (Fsp3) is 0.625. The number of aliphatic hydroxyl groups excluding tert-OH is 1. The van der Waals surface area contributed by atoms with Gasteiger partial charge in [-0.3, -0.25) is 0 Å². The van der Waals surface area contributed by atoms with Crippen LogP contribution in [0.25, 0.3) is 0 Å². The Morgan fingerprint density at radius 1 is 1.11 bits per heavy atom. The van der Waals surface area contributed by atoms with Crippen LogP contribution in [0.15, 0.2) is 30.3 Å². The maximum atomic E-state index is 13.1. The molecule has 0 amide bonds. The Balaban J connectivity index is 1.57. The zero-order chi connectivity index (χ0) is 13.5. The van der Waals surface area contributed by atoms with E-state index < -0.39 is 12.0 Å². The van der Waals surface area contributed by atoms with Crippen molar-refractivity contribution in [1.82, 2.24) is 0 Å². The van der Waals surface area contributed by atoms with Crippen LogP contribution >= 0.6 is 0 Å². The molecule has 1 aromatic rings. The van der Waals surface area contributed by atoms with Crippen LogP contribution < -0.4 is 0 Å². The molecule has 2 aliphatic carbocycles. The van der Waals surface area contributed by atoms with Crippen LogP contribution in [0.5, 0.6) is 0 Å². The Hall–Kier alpha value is -0.960. The third kappa shape index (κ3) is 2.81. The van der Waals surface area contributed by atoms with Gasteiger partial charge in [0.1, 0.15) is 0 Å². The third-order valence-electron chi connectivity index (χ3n) is 4.75. The van der Waals surface area contributed by atoms with Crippen molar-refractivity contribution in [2.45, 2.75) is 50.0 Å². The van der Waals surface area contributed by atoms with Gasteiger partial charge in [-0.15, -0.1) is 0 Å². The van der Waals surface area contributed by atoms with Gasteiger partial charge in [0.25, 0.3) is 0 Å². The van der Waals surface area contributed by atoms with Crippen molar-refractivity contribution >= 4 is 0 Å². The Morgan fingerprint density at radius 3 is 2.37 bits per heavy atom. The number of hydrogen-bond donors (Lipinski definition) is 1. The van der Waals surface area contributed by atoms with Gasteiger partial charge in [0, 0.05) is 12.8 Å². The van der Waals surface area contributed by atoms with E-state index in [9.17, 15) is 13.9 Å². The zero-order valence-electron chi connectivity index (χ0n) is 10.9. The molecule has 0 spiro atoms. The van der Waals surface area contributed by atoms with E-state index in [2.05, 4.69) is 12.1 Å². The second-order valence-electron chi connectivity index (χ2n) is 6.10. The SMILES string of the molecule is OC(C1CCC(F)(F)CC1)C1CC1c1ccccc1. The number of aliphatic hydroxyl groups is 1. The number of halogens is 2. The first kappa shape index (κ1) is 13.0. The maximum absolute atomic E-state index is 13.1.